The first-order valence-corrected chi connectivity index (χ1v) is 9.21. The van der Waals surface area contributed by atoms with Crippen LogP contribution < -0.4 is 4.74 Å². The number of benzene rings is 2. The number of carbonyl (C=O) groups excluding carboxylic acids is 1. The second-order valence-corrected chi connectivity index (χ2v) is 6.93. The highest BCUT2D eigenvalue weighted by molar-refractivity contribution is 6.06. The lowest BCUT2D eigenvalue weighted by molar-refractivity contribution is 0.0635. The van der Waals surface area contributed by atoms with E-state index < -0.39 is 0 Å². The third-order valence-electron chi connectivity index (χ3n) is 5.02. The molecule has 4 nitrogen and oxygen atoms in total. The van der Waals surface area contributed by atoms with E-state index in [9.17, 15) is 9.18 Å². The largest absolute Gasteiger partial charge is 0.493 e. The number of piperidine rings is 1. The number of rotatable bonds is 4. The number of hydrogen-bond donors (Lipinski definition) is 0. The van der Waals surface area contributed by atoms with Crippen LogP contribution in [-0.4, -0.2) is 35.5 Å². The first-order chi connectivity index (χ1) is 13.2. The second kappa shape index (κ2) is 7.74. The van der Waals surface area contributed by atoms with Crippen molar-refractivity contribution >= 4 is 16.7 Å². The van der Waals surface area contributed by atoms with Crippen LogP contribution in [0.25, 0.3) is 10.8 Å². The van der Waals surface area contributed by atoms with E-state index in [0.717, 1.165) is 35.7 Å². The van der Waals surface area contributed by atoms with Gasteiger partial charge in [0.15, 0.2) is 0 Å². The molecule has 138 valence electrons. The fourth-order valence-corrected chi connectivity index (χ4v) is 3.61. The Labute approximate surface area is 157 Å². The smallest absolute Gasteiger partial charge is 0.254 e. The summed E-state index contributed by atoms with van der Waals surface area (Å²) in [5, 5.41) is 1.90. The van der Waals surface area contributed by atoms with Crippen molar-refractivity contribution < 1.29 is 13.9 Å². The monoisotopic (exact) mass is 364 g/mol. The Kier molecular flexibility index (Phi) is 5.01. The van der Waals surface area contributed by atoms with E-state index in [1.54, 1.807) is 24.5 Å². The Bertz CT molecular complexity index is 937. The lowest BCUT2D eigenvalue weighted by Crippen LogP contribution is -2.41. The molecule has 0 N–H and O–H groups in total. The van der Waals surface area contributed by atoms with Crippen molar-refractivity contribution in [3.63, 3.8) is 0 Å². The van der Waals surface area contributed by atoms with Crippen LogP contribution in [-0.2, 0) is 0 Å². The molecule has 1 fully saturated rings. The van der Waals surface area contributed by atoms with E-state index in [0.29, 0.717) is 18.9 Å². The fraction of sp³-hybridized carbons (Fsp3) is 0.273. The van der Waals surface area contributed by atoms with Crippen LogP contribution in [0.4, 0.5) is 4.39 Å². The van der Waals surface area contributed by atoms with Gasteiger partial charge in [-0.15, -0.1) is 0 Å². The molecule has 0 spiro atoms. The first-order valence-electron chi connectivity index (χ1n) is 9.21. The average Bonchev–Trinajstić information content (AvgIpc) is 2.72. The molecule has 4 rings (SSSR count). The molecule has 27 heavy (non-hydrogen) atoms. The van der Waals surface area contributed by atoms with Gasteiger partial charge in [0.05, 0.1) is 6.61 Å². The molecule has 0 aliphatic carbocycles. The van der Waals surface area contributed by atoms with E-state index in [-0.39, 0.29) is 17.6 Å². The van der Waals surface area contributed by atoms with Gasteiger partial charge in [-0.25, -0.2) is 4.39 Å². The topological polar surface area (TPSA) is 42.4 Å². The molecule has 2 aromatic carbocycles. The van der Waals surface area contributed by atoms with E-state index in [4.69, 9.17) is 4.74 Å². The standard InChI is InChI=1S/C22H21FN2O2/c23-18-6-8-19(9-7-18)27-15-16-3-2-12-25(14-16)22(26)21-5-1-4-17-13-24-11-10-20(17)21/h1,4-11,13,16H,2-3,12,14-15H2. The maximum atomic E-state index is 13.1. The van der Waals surface area contributed by atoms with Gasteiger partial charge in [-0.2, -0.15) is 0 Å². The fourth-order valence-electron chi connectivity index (χ4n) is 3.61. The highest BCUT2D eigenvalue weighted by atomic mass is 19.1. The van der Waals surface area contributed by atoms with Crippen LogP contribution in [0.2, 0.25) is 0 Å². The molecule has 5 heteroatoms. The minimum atomic E-state index is -0.276. The van der Waals surface area contributed by atoms with Crippen LogP contribution in [0.1, 0.15) is 23.2 Å². The number of ether oxygens (including phenoxy) is 1. The van der Waals surface area contributed by atoms with Gasteiger partial charge in [-0.1, -0.05) is 12.1 Å². The number of likely N-dealkylation sites (tertiary alicyclic amines) is 1. The van der Waals surface area contributed by atoms with Crippen molar-refractivity contribution in [2.45, 2.75) is 12.8 Å². The Balaban J connectivity index is 1.44. The summed E-state index contributed by atoms with van der Waals surface area (Å²) in [6.45, 7) is 1.95. The molecule has 1 atom stereocenters. The third kappa shape index (κ3) is 3.92. The third-order valence-corrected chi connectivity index (χ3v) is 5.02. The number of hydrogen-bond acceptors (Lipinski definition) is 3. The summed E-state index contributed by atoms with van der Waals surface area (Å²) in [6, 6.07) is 13.7. The van der Waals surface area contributed by atoms with Crippen LogP contribution in [0.5, 0.6) is 5.75 Å². The minimum absolute atomic E-state index is 0.0540. The van der Waals surface area contributed by atoms with E-state index in [1.807, 2.05) is 29.2 Å². The molecule has 1 aromatic heterocycles. The summed E-state index contributed by atoms with van der Waals surface area (Å²) in [5.74, 6) is 0.700. The van der Waals surface area contributed by atoms with Crippen molar-refractivity contribution in [3.8, 4) is 5.75 Å². The van der Waals surface area contributed by atoms with Gasteiger partial charge in [0.2, 0.25) is 0 Å². The number of fused-ring (bicyclic) bond motifs is 1. The number of nitrogens with zero attached hydrogens (tertiary/aromatic N) is 2. The summed E-state index contributed by atoms with van der Waals surface area (Å²) >= 11 is 0. The van der Waals surface area contributed by atoms with Crippen molar-refractivity contribution in [1.29, 1.82) is 0 Å². The van der Waals surface area contributed by atoms with Crippen molar-refractivity contribution in [2.75, 3.05) is 19.7 Å². The predicted octanol–water partition coefficient (Wildman–Crippen LogP) is 4.31. The lowest BCUT2D eigenvalue weighted by atomic mass is 9.97. The summed E-state index contributed by atoms with van der Waals surface area (Å²) in [4.78, 5) is 19.1. The average molecular weight is 364 g/mol. The number of halogens is 1. The van der Waals surface area contributed by atoms with Gasteiger partial charge < -0.3 is 9.64 Å². The highest BCUT2D eigenvalue weighted by Gasteiger charge is 2.25. The maximum absolute atomic E-state index is 13.1. The van der Waals surface area contributed by atoms with E-state index in [1.165, 1.54) is 12.1 Å². The quantitative estimate of drug-likeness (QED) is 0.693. The van der Waals surface area contributed by atoms with Gasteiger partial charge in [0.1, 0.15) is 11.6 Å². The molecule has 2 heterocycles. The zero-order chi connectivity index (χ0) is 18.6. The molecule has 0 saturated carbocycles. The number of pyridine rings is 1. The lowest BCUT2D eigenvalue weighted by Gasteiger charge is -2.33. The number of aromatic nitrogens is 1. The molecular formula is C22H21FN2O2. The first kappa shape index (κ1) is 17.5. The van der Waals surface area contributed by atoms with Crippen LogP contribution in [0.3, 0.4) is 0 Å². The summed E-state index contributed by atoms with van der Waals surface area (Å²) in [7, 11) is 0. The second-order valence-electron chi connectivity index (χ2n) is 6.93. The predicted molar refractivity (Wildman–Crippen MR) is 102 cm³/mol. The Morgan fingerprint density at radius 3 is 2.89 bits per heavy atom. The minimum Gasteiger partial charge on any atom is -0.493 e. The molecule has 0 bridgehead atoms. The molecule has 1 aliphatic rings. The van der Waals surface area contributed by atoms with Crippen LogP contribution >= 0.6 is 0 Å². The van der Waals surface area contributed by atoms with E-state index >= 15 is 0 Å². The number of carbonyl (C=O) groups is 1. The zero-order valence-electron chi connectivity index (χ0n) is 15.0. The van der Waals surface area contributed by atoms with Gasteiger partial charge in [-0.3, -0.25) is 9.78 Å². The Morgan fingerprint density at radius 2 is 2.04 bits per heavy atom. The van der Waals surface area contributed by atoms with Crippen molar-refractivity contribution in [3.05, 3.63) is 72.3 Å². The normalized spacial score (nSPS) is 17.1. The van der Waals surface area contributed by atoms with Gasteiger partial charge in [0, 0.05) is 42.4 Å². The molecular weight excluding hydrogens is 343 g/mol. The molecule has 1 unspecified atom stereocenters. The van der Waals surface area contributed by atoms with Crippen molar-refractivity contribution in [2.24, 2.45) is 5.92 Å². The molecule has 1 aliphatic heterocycles. The maximum Gasteiger partial charge on any atom is 0.254 e. The Morgan fingerprint density at radius 1 is 1.19 bits per heavy atom. The van der Waals surface area contributed by atoms with Gasteiger partial charge in [0.25, 0.3) is 5.91 Å². The Hall–Kier alpha value is -2.95. The molecule has 1 saturated heterocycles. The zero-order valence-corrected chi connectivity index (χ0v) is 15.0. The highest BCUT2D eigenvalue weighted by Crippen LogP contribution is 2.24. The summed E-state index contributed by atoms with van der Waals surface area (Å²) in [6.07, 6.45) is 5.47. The molecule has 3 aromatic rings. The van der Waals surface area contributed by atoms with Gasteiger partial charge >= 0.3 is 0 Å². The van der Waals surface area contributed by atoms with Gasteiger partial charge in [-0.05, 0) is 54.6 Å². The van der Waals surface area contributed by atoms with Crippen LogP contribution in [0, 0.1) is 11.7 Å². The molecule has 1 amide bonds. The number of amides is 1. The van der Waals surface area contributed by atoms with Crippen LogP contribution in [0.15, 0.2) is 60.9 Å². The summed E-state index contributed by atoms with van der Waals surface area (Å²) in [5.41, 5.74) is 0.718. The molecule has 0 radical (unpaired) electrons. The SMILES string of the molecule is O=C(c1cccc2cnccc12)N1CCCC(COc2ccc(F)cc2)C1. The summed E-state index contributed by atoms with van der Waals surface area (Å²) < 4.78 is 18.8. The van der Waals surface area contributed by atoms with E-state index in [2.05, 4.69) is 4.98 Å². The van der Waals surface area contributed by atoms with Crippen molar-refractivity contribution in [1.82, 2.24) is 9.88 Å².